The van der Waals surface area contributed by atoms with Crippen LogP contribution in [0, 0.1) is 0 Å². The van der Waals surface area contributed by atoms with Crippen LogP contribution in [0.2, 0.25) is 0 Å². The van der Waals surface area contributed by atoms with Gasteiger partial charge >= 0.3 is 0 Å². The molecule has 0 spiro atoms. The van der Waals surface area contributed by atoms with E-state index in [9.17, 15) is 8.42 Å². The first-order chi connectivity index (χ1) is 7.01. The first kappa shape index (κ1) is 12.2. The minimum atomic E-state index is -2.95. The van der Waals surface area contributed by atoms with Crippen LogP contribution in [-0.2, 0) is 26.8 Å². The summed E-state index contributed by atoms with van der Waals surface area (Å²) in [5.41, 5.74) is 1.88. The summed E-state index contributed by atoms with van der Waals surface area (Å²) in [6, 6.07) is 7.40. The zero-order chi connectivity index (χ0) is 11.3. The molecule has 0 aliphatic carbocycles. The van der Waals surface area contributed by atoms with Crippen molar-refractivity contribution in [3.05, 3.63) is 35.4 Å². The summed E-state index contributed by atoms with van der Waals surface area (Å²) >= 11 is 0. The lowest BCUT2D eigenvalue weighted by atomic mass is 10.1. The molecule has 0 heterocycles. The molecule has 0 bridgehead atoms. The van der Waals surface area contributed by atoms with Gasteiger partial charge in [-0.05, 0) is 17.5 Å². The lowest BCUT2D eigenvalue weighted by Gasteiger charge is -2.02. The molecular formula is C10H15NO3S. The molecule has 1 aromatic rings. The van der Waals surface area contributed by atoms with Crippen molar-refractivity contribution in [2.75, 3.05) is 12.9 Å². The second-order valence-corrected chi connectivity index (χ2v) is 5.65. The van der Waals surface area contributed by atoms with Crippen LogP contribution < -0.4 is 5.90 Å². The normalized spacial score (nSPS) is 11.6. The highest BCUT2D eigenvalue weighted by Gasteiger charge is 2.03. The number of nitrogens with two attached hydrogens (primary N) is 1. The summed E-state index contributed by atoms with van der Waals surface area (Å²) < 4.78 is 22.0. The zero-order valence-corrected chi connectivity index (χ0v) is 9.46. The van der Waals surface area contributed by atoms with Crippen molar-refractivity contribution in [2.45, 2.75) is 12.2 Å². The molecule has 0 unspecified atom stereocenters. The minimum Gasteiger partial charge on any atom is -0.304 e. The maximum absolute atomic E-state index is 11.0. The predicted molar refractivity (Wildman–Crippen MR) is 58.8 cm³/mol. The Kier molecular flexibility index (Phi) is 4.26. The second-order valence-electron chi connectivity index (χ2n) is 3.51. The summed E-state index contributed by atoms with van der Waals surface area (Å²) in [6.07, 6.45) is 1.96. The Labute approximate surface area is 89.9 Å². The highest BCUT2D eigenvalue weighted by atomic mass is 32.2. The third kappa shape index (κ3) is 4.92. The number of sulfone groups is 1. The Morgan fingerprint density at radius 1 is 1.20 bits per heavy atom. The maximum atomic E-state index is 11.0. The molecule has 0 amide bonds. The molecule has 0 aliphatic rings. The highest BCUT2D eigenvalue weighted by Crippen LogP contribution is 2.08. The Bertz CT molecular complexity index is 397. The van der Waals surface area contributed by atoms with Gasteiger partial charge in [0.15, 0.2) is 9.84 Å². The predicted octanol–water partition coefficient (Wildman–Crippen LogP) is 0.664. The highest BCUT2D eigenvalue weighted by molar-refractivity contribution is 7.89. The number of hydrogen-bond donors (Lipinski definition) is 1. The smallest absolute Gasteiger partial charge is 0.151 e. The first-order valence-corrected chi connectivity index (χ1v) is 6.64. The summed E-state index contributed by atoms with van der Waals surface area (Å²) in [5.74, 6) is 4.99. The van der Waals surface area contributed by atoms with E-state index in [2.05, 4.69) is 4.84 Å². The second kappa shape index (κ2) is 5.25. The molecule has 0 aromatic heterocycles. The monoisotopic (exact) mass is 229 g/mol. The standard InChI is InChI=1S/C10H15NO3S/c1-15(12,13)8-10-4-2-9(3-5-10)6-7-14-11/h2-5H,6-8,11H2,1H3. The molecule has 0 saturated carbocycles. The molecule has 5 heteroatoms. The van der Waals surface area contributed by atoms with Crippen LogP contribution >= 0.6 is 0 Å². The lowest BCUT2D eigenvalue weighted by Crippen LogP contribution is -2.04. The summed E-state index contributed by atoms with van der Waals surface area (Å²) in [5, 5.41) is 0. The molecule has 0 saturated heterocycles. The van der Waals surface area contributed by atoms with Crippen LogP contribution in [0.3, 0.4) is 0 Å². The van der Waals surface area contributed by atoms with Crippen LogP contribution in [0.1, 0.15) is 11.1 Å². The Balaban J connectivity index is 2.64. The van der Waals surface area contributed by atoms with E-state index in [1.165, 1.54) is 6.26 Å². The van der Waals surface area contributed by atoms with Crippen molar-refractivity contribution in [3.8, 4) is 0 Å². The van der Waals surface area contributed by atoms with Crippen LogP contribution in [-0.4, -0.2) is 21.3 Å². The van der Waals surface area contributed by atoms with E-state index < -0.39 is 9.84 Å². The quantitative estimate of drug-likeness (QED) is 0.753. The van der Waals surface area contributed by atoms with E-state index in [1.54, 1.807) is 0 Å². The minimum absolute atomic E-state index is 0.0840. The molecule has 0 fully saturated rings. The molecular weight excluding hydrogens is 214 g/mol. The van der Waals surface area contributed by atoms with Gasteiger partial charge in [-0.1, -0.05) is 24.3 Å². The van der Waals surface area contributed by atoms with Crippen molar-refractivity contribution in [3.63, 3.8) is 0 Å². The van der Waals surface area contributed by atoms with Gasteiger partial charge < -0.3 is 4.84 Å². The van der Waals surface area contributed by atoms with Crippen molar-refractivity contribution in [1.29, 1.82) is 0 Å². The van der Waals surface area contributed by atoms with Crippen molar-refractivity contribution < 1.29 is 13.3 Å². The fourth-order valence-electron chi connectivity index (χ4n) is 1.28. The summed E-state index contributed by atoms with van der Waals surface area (Å²) in [6.45, 7) is 0.464. The number of benzene rings is 1. The SMILES string of the molecule is CS(=O)(=O)Cc1ccc(CCON)cc1. The molecule has 84 valence electrons. The zero-order valence-electron chi connectivity index (χ0n) is 8.64. The Morgan fingerprint density at radius 2 is 1.73 bits per heavy atom. The third-order valence-corrected chi connectivity index (χ3v) is 2.82. The van der Waals surface area contributed by atoms with Crippen molar-refractivity contribution >= 4 is 9.84 Å². The van der Waals surface area contributed by atoms with Crippen LogP contribution in [0.4, 0.5) is 0 Å². The average molecular weight is 229 g/mol. The molecule has 4 nitrogen and oxygen atoms in total. The fourth-order valence-corrected chi connectivity index (χ4v) is 2.08. The van der Waals surface area contributed by atoms with Gasteiger partial charge in [0.25, 0.3) is 0 Å². The van der Waals surface area contributed by atoms with Gasteiger partial charge in [-0.25, -0.2) is 14.3 Å². The molecule has 0 aliphatic heterocycles. The number of rotatable bonds is 5. The first-order valence-electron chi connectivity index (χ1n) is 4.58. The molecule has 0 atom stereocenters. The van der Waals surface area contributed by atoms with E-state index in [1.807, 2.05) is 24.3 Å². The van der Waals surface area contributed by atoms with E-state index >= 15 is 0 Å². The Hall–Kier alpha value is -0.910. The van der Waals surface area contributed by atoms with E-state index in [4.69, 9.17) is 5.90 Å². The Morgan fingerprint density at radius 3 is 2.20 bits per heavy atom. The topological polar surface area (TPSA) is 69.4 Å². The van der Waals surface area contributed by atoms with Gasteiger partial charge in [0.05, 0.1) is 12.4 Å². The van der Waals surface area contributed by atoms with Crippen LogP contribution in [0.25, 0.3) is 0 Å². The maximum Gasteiger partial charge on any atom is 0.151 e. The van der Waals surface area contributed by atoms with Gasteiger partial charge in [-0.3, -0.25) is 0 Å². The molecule has 2 N–H and O–H groups in total. The largest absolute Gasteiger partial charge is 0.304 e. The molecule has 0 radical (unpaired) electrons. The average Bonchev–Trinajstić information content (AvgIpc) is 2.14. The van der Waals surface area contributed by atoms with Crippen molar-refractivity contribution in [1.82, 2.24) is 0 Å². The van der Waals surface area contributed by atoms with E-state index in [0.717, 1.165) is 17.5 Å². The van der Waals surface area contributed by atoms with Gasteiger partial charge in [0, 0.05) is 6.26 Å². The molecule has 1 rings (SSSR count). The van der Waals surface area contributed by atoms with Gasteiger partial charge in [0.2, 0.25) is 0 Å². The van der Waals surface area contributed by atoms with Crippen LogP contribution in [0.5, 0.6) is 0 Å². The van der Waals surface area contributed by atoms with E-state index in [-0.39, 0.29) is 5.75 Å². The van der Waals surface area contributed by atoms with Crippen LogP contribution in [0.15, 0.2) is 24.3 Å². The van der Waals surface area contributed by atoms with E-state index in [0.29, 0.717) is 6.61 Å². The third-order valence-electron chi connectivity index (χ3n) is 1.96. The summed E-state index contributed by atoms with van der Waals surface area (Å²) in [7, 11) is -2.95. The van der Waals surface area contributed by atoms with Gasteiger partial charge in [-0.2, -0.15) is 0 Å². The van der Waals surface area contributed by atoms with Crippen molar-refractivity contribution in [2.24, 2.45) is 5.90 Å². The number of hydrogen-bond acceptors (Lipinski definition) is 4. The summed E-state index contributed by atoms with van der Waals surface area (Å²) in [4.78, 5) is 4.46. The van der Waals surface area contributed by atoms with Gasteiger partial charge in [0.1, 0.15) is 0 Å². The molecule has 15 heavy (non-hydrogen) atoms. The molecule has 1 aromatic carbocycles. The lowest BCUT2D eigenvalue weighted by molar-refractivity contribution is 0.141. The fraction of sp³-hybridized carbons (Fsp3) is 0.400. The van der Waals surface area contributed by atoms with Gasteiger partial charge in [-0.15, -0.1) is 0 Å².